The fraction of sp³-hybridized carbons (Fsp3) is 0.0714. The molecule has 1 aromatic carbocycles. The van der Waals surface area contributed by atoms with Crippen LogP contribution in [0, 0.1) is 0 Å². The molecule has 1 heterocycles. The van der Waals surface area contributed by atoms with Crippen LogP contribution in [0.25, 0.3) is 0 Å². The quantitative estimate of drug-likeness (QED) is 0.847. The molecule has 0 spiro atoms. The summed E-state index contributed by atoms with van der Waals surface area (Å²) >= 11 is 3.22. The van der Waals surface area contributed by atoms with Gasteiger partial charge in [-0.1, -0.05) is 12.1 Å². The predicted molar refractivity (Wildman–Crippen MR) is 79.7 cm³/mol. The Bertz CT molecular complexity index is 658. The van der Waals surface area contributed by atoms with E-state index in [0.29, 0.717) is 21.4 Å². The molecule has 0 radical (unpaired) electrons. The molecule has 0 atom stereocenters. The molecule has 2 amide bonds. The van der Waals surface area contributed by atoms with E-state index in [4.69, 9.17) is 0 Å². The first-order valence-electron chi connectivity index (χ1n) is 5.86. The van der Waals surface area contributed by atoms with Gasteiger partial charge in [0.2, 0.25) is 0 Å². The summed E-state index contributed by atoms with van der Waals surface area (Å²) < 4.78 is 0.454. The van der Waals surface area contributed by atoms with Crippen LogP contribution in [0.15, 0.2) is 47.2 Å². The average Bonchev–Trinajstić information content (AvgIpc) is 2.47. The minimum Gasteiger partial charge on any atom is -0.355 e. The SMILES string of the molecule is CNC(=O)c1ccccc1NC(=O)c1cccnc1Br. The third kappa shape index (κ3) is 3.03. The number of nitrogens with zero attached hydrogens (tertiary/aromatic N) is 1. The number of carbonyl (C=O) groups excluding carboxylic acids is 2. The van der Waals surface area contributed by atoms with Crippen molar-refractivity contribution in [3.8, 4) is 0 Å². The fourth-order valence-electron chi connectivity index (χ4n) is 1.67. The molecule has 0 unspecified atom stereocenters. The summed E-state index contributed by atoms with van der Waals surface area (Å²) in [4.78, 5) is 27.9. The van der Waals surface area contributed by atoms with Crippen molar-refractivity contribution in [2.45, 2.75) is 0 Å². The Hall–Kier alpha value is -2.21. The number of amides is 2. The van der Waals surface area contributed by atoms with E-state index in [1.165, 1.54) is 0 Å². The normalized spacial score (nSPS) is 9.90. The molecule has 0 saturated heterocycles. The monoisotopic (exact) mass is 333 g/mol. The van der Waals surface area contributed by atoms with Gasteiger partial charge in [0.05, 0.1) is 16.8 Å². The lowest BCUT2D eigenvalue weighted by atomic mass is 10.1. The standard InChI is InChI=1S/C14H12BrN3O2/c1-16-13(19)9-5-2-3-7-11(9)18-14(20)10-6-4-8-17-12(10)15/h2-8H,1H3,(H,16,19)(H,18,20). The van der Waals surface area contributed by atoms with Gasteiger partial charge in [0, 0.05) is 13.2 Å². The van der Waals surface area contributed by atoms with Gasteiger partial charge in [-0.25, -0.2) is 4.98 Å². The Morgan fingerprint density at radius 1 is 1.05 bits per heavy atom. The first-order valence-corrected chi connectivity index (χ1v) is 6.65. The summed E-state index contributed by atoms with van der Waals surface area (Å²) in [5.74, 6) is -0.590. The summed E-state index contributed by atoms with van der Waals surface area (Å²) in [5, 5.41) is 5.25. The van der Waals surface area contributed by atoms with Crippen LogP contribution in [0.2, 0.25) is 0 Å². The van der Waals surface area contributed by atoms with E-state index in [9.17, 15) is 9.59 Å². The maximum atomic E-state index is 12.2. The molecule has 0 aliphatic heterocycles. The van der Waals surface area contributed by atoms with E-state index < -0.39 is 0 Å². The van der Waals surface area contributed by atoms with Gasteiger partial charge >= 0.3 is 0 Å². The molecule has 6 heteroatoms. The van der Waals surface area contributed by atoms with Crippen molar-refractivity contribution in [2.24, 2.45) is 0 Å². The molecule has 2 N–H and O–H groups in total. The van der Waals surface area contributed by atoms with Crippen molar-refractivity contribution in [2.75, 3.05) is 12.4 Å². The van der Waals surface area contributed by atoms with Crippen molar-refractivity contribution in [3.05, 3.63) is 58.3 Å². The van der Waals surface area contributed by atoms with E-state index in [2.05, 4.69) is 31.5 Å². The topological polar surface area (TPSA) is 71.1 Å². The highest BCUT2D eigenvalue weighted by Gasteiger charge is 2.14. The van der Waals surface area contributed by atoms with Crippen LogP contribution < -0.4 is 10.6 Å². The molecule has 20 heavy (non-hydrogen) atoms. The van der Waals surface area contributed by atoms with Crippen molar-refractivity contribution in [1.29, 1.82) is 0 Å². The van der Waals surface area contributed by atoms with E-state index in [-0.39, 0.29) is 11.8 Å². The van der Waals surface area contributed by atoms with Gasteiger partial charge < -0.3 is 10.6 Å². The van der Waals surface area contributed by atoms with Crippen LogP contribution in [0.1, 0.15) is 20.7 Å². The first kappa shape index (κ1) is 14.2. The Kier molecular flexibility index (Phi) is 4.47. The van der Waals surface area contributed by atoms with Crippen molar-refractivity contribution < 1.29 is 9.59 Å². The third-order valence-electron chi connectivity index (χ3n) is 2.65. The zero-order chi connectivity index (χ0) is 14.5. The second-order valence-corrected chi connectivity index (χ2v) is 4.67. The van der Waals surface area contributed by atoms with E-state index in [1.807, 2.05) is 0 Å². The highest BCUT2D eigenvalue weighted by molar-refractivity contribution is 9.10. The number of pyridine rings is 1. The number of anilines is 1. The molecule has 0 aliphatic carbocycles. The predicted octanol–water partition coefficient (Wildman–Crippen LogP) is 2.46. The minimum absolute atomic E-state index is 0.258. The summed E-state index contributed by atoms with van der Waals surface area (Å²) in [7, 11) is 1.54. The maximum absolute atomic E-state index is 12.2. The molecule has 2 rings (SSSR count). The Morgan fingerprint density at radius 3 is 2.45 bits per heavy atom. The molecule has 2 aromatic rings. The van der Waals surface area contributed by atoms with Gasteiger partial charge in [0.1, 0.15) is 4.60 Å². The second kappa shape index (κ2) is 6.29. The van der Waals surface area contributed by atoms with Crippen LogP contribution >= 0.6 is 15.9 Å². The van der Waals surface area contributed by atoms with E-state index in [0.717, 1.165) is 0 Å². The molecule has 0 fully saturated rings. The number of carbonyl (C=O) groups is 2. The zero-order valence-electron chi connectivity index (χ0n) is 10.7. The number of benzene rings is 1. The Balaban J connectivity index is 2.29. The molecule has 102 valence electrons. The van der Waals surface area contributed by atoms with Gasteiger partial charge in [-0.3, -0.25) is 9.59 Å². The second-order valence-electron chi connectivity index (χ2n) is 3.92. The highest BCUT2D eigenvalue weighted by Crippen LogP contribution is 2.18. The number of rotatable bonds is 3. The van der Waals surface area contributed by atoms with Gasteiger partial charge in [0.15, 0.2) is 0 Å². The number of nitrogens with one attached hydrogen (secondary N) is 2. The lowest BCUT2D eigenvalue weighted by Gasteiger charge is -2.10. The molecule has 1 aromatic heterocycles. The molecule has 0 aliphatic rings. The number of hydrogen-bond acceptors (Lipinski definition) is 3. The highest BCUT2D eigenvalue weighted by atomic mass is 79.9. The van der Waals surface area contributed by atoms with Crippen molar-refractivity contribution in [1.82, 2.24) is 10.3 Å². The average molecular weight is 334 g/mol. The summed E-state index contributed by atoms with van der Waals surface area (Å²) in [6, 6.07) is 10.1. The number of aromatic nitrogens is 1. The van der Waals surface area contributed by atoms with E-state index >= 15 is 0 Å². The van der Waals surface area contributed by atoms with Gasteiger partial charge in [-0.15, -0.1) is 0 Å². The number of halogens is 1. The lowest BCUT2D eigenvalue weighted by Crippen LogP contribution is -2.21. The third-order valence-corrected chi connectivity index (χ3v) is 3.28. The fourth-order valence-corrected chi connectivity index (χ4v) is 2.10. The van der Waals surface area contributed by atoms with Crippen LogP contribution in [0.5, 0.6) is 0 Å². The van der Waals surface area contributed by atoms with Crippen LogP contribution in [0.3, 0.4) is 0 Å². The molecule has 5 nitrogen and oxygen atoms in total. The van der Waals surface area contributed by atoms with Gasteiger partial charge in [0.25, 0.3) is 11.8 Å². The van der Waals surface area contributed by atoms with Crippen LogP contribution in [-0.4, -0.2) is 23.8 Å². The summed E-state index contributed by atoms with van der Waals surface area (Å²) in [5.41, 5.74) is 1.26. The zero-order valence-corrected chi connectivity index (χ0v) is 12.3. The molecule has 0 saturated carbocycles. The van der Waals surface area contributed by atoms with E-state index in [1.54, 1.807) is 49.6 Å². The van der Waals surface area contributed by atoms with Crippen LogP contribution in [-0.2, 0) is 0 Å². The Morgan fingerprint density at radius 2 is 1.75 bits per heavy atom. The largest absolute Gasteiger partial charge is 0.355 e. The van der Waals surface area contributed by atoms with Crippen molar-refractivity contribution in [3.63, 3.8) is 0 Å². The summed E-state index contributed by atoms with van der Waals surface area (Å²) in [6.07, 6.45) is 1.58. The molecular formula is C14H12BrN3O2. The number of para-hydroxylation sites is 1. The lowest BCUT2D eigenvalue weighted by molar-refractivity contribution is 0.0964. The number of hydrogen-bond donors (Lipinski definition) is 2. The maximum Gasteiger partial charge on any atom is 0.258 e. The molecule has 0 bridgehead atoms. The van der Waals surface area contributed by atoms with Crippen LogP contribution in [0.4, 0.5) is 5.69 Å². The summed E-state index contributed by atoms with van der Waals surface area (Å²) in [6.45, 7) is 0. The minimum atomic E-state index is -0.332. The Labute approximate surface area is 124 Å². The smallest absolute Gasteiger partial charge is 0.258 e. The molecular weight excluding hydrogens is 322 g/mol. The first-order chi connectivity index (χ1) is 9.63. The van der Waals surface area contributed by atoms with Crippen molar-refractivity contribution >= 4 is 33.4 Å². The van der Waals surface area contributed by atoms with Gasteiger partial charge in [-0.2, -0.15) is 0 Å². The van der Waals surface area contributed by atoms with Gasteiger partial charge in [-0.05, 0) is 40.2 Å².